The molecule has 0 aliphatic heterocycles. The number of non-ortho nitro benzene ring substituents is 1. The summed E-state index contributed by atoms with van der Waals surface area (Å²) < 4.78 is 5.96. The number of ether oxygens (including phenoxy) is 1. The first-order valence-corrected chi connectivity index (χ1v) is 10.3. The summed E-state index contributed by atoms with van der Waals surface area (Å²) in [4.78, 5) is 22.5. The van der Waals surface area contributed by atoms with Gasteiger partial charge in [0.2, 0.25) is 0 Å². The summed E-state index contributed by atoms with van der Waals surface area (Å²) in [5.74, 6) is 0.187. The molecular formula is C23H19Cl2N3O4. The molecule has 0 saturated carbocycles. The van der Waals surface area contributed by atoms with Crippen LogP contribution in [0.15, 0.2) is 59.7 Å². The van der Waals surface area contributed by atoms with Gasteiger partial charge in [0, 0.05) is 33.3 Å². The van der Waals surface area contributed by atoms with E-state index in [0.717, 1.165) is 28.0 Å². The summed E-state index contributed by atoms with van der Waals surface area (Å²) in [7, 11) is 0. The predicted octanol–water partition coefficient (Wildman–Crippen LogP) is 5.86. The number of aryl methyl sites for hydroxylation is 2. The summed E-state index contributed by atoms with van der Waals surface area (Å²) in [5, 5.41) is 15.9. The van der Waals surface area contributed by atoms with E-state index < -0.39 is 10.8 Å². The Morgan fingerprint density at radius 3 is 2.50 bits per heavy atom. The van der Waals surface area contributed by atoms with Crippen molar-refractivity contribution in [2.45, 2.75) is 20.5 Å². The van der Waals surface area contributed by atoms with Crippen molar-refractivity contribution in [1.29, 1.82) is 0 Å². The number of halogens is 2. The fourth-order valence-electron chi connectivity index (χ4n) is 3.07. The van der Waals surface area contributed by atoms with Gasteiger partial charge in [0.05, 0.1) is 11.1 Å². The van der Waals surface area contributed by atoms with Gasteiger partial charge in [-0.25, -0.2) is 5.43 Å². The van der Waals surface area contributed by atoms with E-state index in [1.54, 1.807) is 12.1 Å². The number of nitro groups is 1. The summed E-state index contributed by atoms with van der Waals surface area (Å²) in [6.07, 6.45) is 1.50. The highest BCUT2D eigenvalue weighted by Crippen LogP contribution is 2.27. The number of rotatable bonds is 7. The molecule has 0 heterocycles. The van der Waals surface area contributed by atoms with E-state index in [9.17, 15) is 14.9 Å². The maximum Gasteiger partial charge on any atom is 0.271 e. The van der Waals surface area contributed by atoms with Gasteiger partial charge in [-0.1, -0.05) is 35.3 Å². The van der Waals surface area contributed by atoms with E-state index in [-0.39, 0.29) is 11.3 Å². The fourth-order valence-corrected chi connectivity index (χ4v) is 3.53. The van der Waals surface area contributed by atoms with Crippen molar-refractivity contribution in [2.75, 3.05) is 0 Å². The first-order chi connectivity index (χ1) is 15.2. The molecule has 0 saturated heterocycles. The minimum atomic E-state index is -0.559. The van der Waals surface area contributed by atoms with Gasteiger partial charge in [0.15, 0.2) is 0 Å². The van der Waals surface area contributed by atoms with Gasteiger partial charge in [-0.2, -0.15) is 5.10 Å². The highest BCUT2D eigenvalue weighted by atomic mass is 35.5. The molecule has 0 aliphatic rings. The third-order valence-corrected chi connectivity index (χ3v) is 5.16. The van der Waals surface area contributed by atoms with Crippen molar-refractivity contribution in [3.8, 4) is 5.75 Å². The molecule has 0 spiro atoms. The normalized spacial score (nSPS) is 10.9. The van der Waals surface area contributed by atoms with Crippen molar-refractivity contribution in [3.63, 3.8) is 0 Å². The second kappa shape index (κ2) is 10.3. The Kier molecular flexibility index (Phi) is 7.45. The summed E-state index contributed by atoms with van der Waals surface area (Å²) in [5.41, 5.74) is 5.72. The number of amides is 1. The highest BCUT2D eigenvalue weighted by molar-refractivity contribution is 6.35. The lowest BCUT2D eigenvalue weighted by Gasteiger charge is -2.14. The van der Waals surface area contributed by atoms with Crippen molar-refractivity contribution < 1.29 is 14.5 Å². The molecule has 164 valence electrons. The number of nitrogens with one attached hydrogen (secondary N) is 1. The Hall–Kier alpha value is -3.42. The van der Waals surface area contributed by atoms with Crippen LogP contribution in [0.5, 0.6) is 5.75 Å². The van der Waals surface area contributed by atoms with E-state index in [1.165, 1.54) is 30.5 Å². The molecule has 0 aromatic heterocycles. The number of benzene rings is 3. The first kappa shape index (κ1) is 23.2. The van der Waals surface area contributed by atoms with Crippen molar-refractivity contribution in [3.05, 3.63) is 103 Å². The standard InChI is InChI=1S/C23H19Cl2N3O4/c1-14-8-16(12-26-27-23(29)17-4-3-5-20(10-17)28(30)31)9-15(2)22(14)32-13-18-6-7-19(24)11-21(18)25/h3-12H,13H2,1-2H3,(H,27,29)/b26-12-. The second-order valence-corrected chi connectivity index (χ2v) is 7.86. The smallest absolute Gasteiger partial charge is 0.271 e. The molecule has 0 radical (unpaired) electrons. The summed E-state index contributed by atoms with van der Waals surface area (Å²) >= 11 is 12.1. The first-order valence-electron chi connectivity index (χ1n) is 9.50. The van der Waals surface area contributed by atoms with Gasteiger partial charge in [-0.05, 0) is 60.9 Å². The summed E-state index contributed by atoms with van der Waals surface area (Å²) in [6, 6.07) is 14.4. The largest absolute Gasteiger partial charge is 0.488 e. The lowest BCUT2D eigenvalue weighted by molar-refractivity contribution is -0.384. The molecule has 0 fully saturated rings. The van der Waals surface area contributed by atoms with E-state index >= 15 is 0 Å². The van der Waals surface area contributed by atoms with Crippen molar-refractivity contribution in [1.82, 2.24) is 5.43 Å². The lowest BCUT2D eigenvalue weighted by Crippen LogP contribution is -2.17. The number of carbonyl (C=O) groups excluding carboxylic acids is 1. The molecule has 0 aliphatic carbocycles. The van der Waals surface area contributed by atoms with Gasteiger partial charge < -0.3 is 4.74 Å². The van der Waals surface area contributed by atoms with Crippen LogP contribution < -0.4 is 10.2 Å². The van der Waals surface area contributed by atoms with Gasteiger partial charge in [0.25, 0.3) is 11.6 Å². The topological polar surface area (TPSA) is 93.8 Å². The van der Waals surface area contributed by atoms with Crippen LogP contribution in [0.4, 0.5) is 5.69 Å². The van der Waals surface area contributed by atoms with Crippen LogP contribution in [-0.4, -0.2) is 17.0 Å². The van der Waals surface area contributed by atoms with Crippen LogP contribution in [0.25, 0.3) is 0 Å². The van der Waals surface area contributed by atoms with Gasteiger partial charge in [-0.3, -0.25) is 14.9 Å². The van der Waals surface area contributed by atoms with Gasteiger partial charge >= 0.3 is 0 Å². The number of hydrogen-bond acceptors (Lipinski definition) is 5. The Morgan fingerprint density at radius 2 is 1.84 bits per heavy atom. The van der Waals surface area contributed by atoms with Crippen LogP contribution in [0, 0.1) is 24.0 Å². The monoisotopic (exact) mass is 471 g/mol. The molecule has 3 rings (SSSR count). The van der Waals surface area contributed by atoms with Crippen LogP contribution in [0.1, 0.15) is 32.6 Å². The van der Waals surface area contributed by atoms with Crippen LogP contribution in [-0.2, 0) is 6.61 Å². The van der Waals surface area contributed by atoms with E-state index in [4.69, 9.17) is 27.9 Å². The molecule has 0 unspecified atom stereocenters. The molecule has 1 N–H and O–H groups in total. The number of hydrogen-bond donors (Lipinski definition) is 1. The quantitative estimate of drug-likeness (QED) is 0.265. The third kappa shape index (κ3) is 5.84. The minimum absolute atomic E-state index is 0.147. The Balaban J connectivity index is 1.66. The minimum Gasteiger partial charge on any atom is -0.488 e. The lowest BCUT2D eigenvalue weighted by atomic mass is 10.1. The van der Waals surface area contributed by atoms with Crippen LogP contribution >= 0.6 is 23.2 Å². The molecule has 0 atom stereocenters. The van der Waals surface area contributed by atoms with Crippen LogP contribution in [0.3, 0.4) is 0 Å². The molecule has 3 aromatic rings. The molecule has 7 nitrogen and oxygen atoms in total. The maximum atomic E-state index is 12.2. The number of nitrogens with zero attached hydrogens (tertiary/aromatic N) is 2. The van der Waals surface area contributed by atoms with E-state index in [0.29, 0.717) is 16.7 Å². The molecule has 3 aromatic carbocycles. The molecule has 32 heavy (non-hydrogen) atoms. The Bertz CT molecular complexity index is 1190. The SMILES string of the molecule is Cc1cc(/C=N\NC(=O)c2cccc([N+](=O)[O-])c2)cc(C)c1OCc1ccc(Cl)cc1Cl. The predicted molar refractivity (Wildman–Crippen MR) is 125 cm³/mol. The summed E-state index contributed by atoms with van der Waals surface area (Å²) in [6.45, 7) is 4.11. The fraction of sp³-hybridized carbons (Fsp3) is 0.130. The zero-order chi connectivity index (χ0) is 23.3. The van der Waals surface area contributed by atoms with Crippen molar-refractivity contribution in [2.24, 2.45) is 5.10 Å². The maximum absolute atomic E-state index is 12.2. The van der Waals surface area contributed by atoms with E-state index in [1.807, 2.05) is 32.0 Å². The average Bonchev–Trinajstić information content (AvgIpc) is 2.74. The molecule has 9 heteroatoms. The number of hydrazone groups is 1. The molecule has 1 amide bonds. The average molecular weight is 472 g/mol. The van der Waals surface area contributed by atoms with Crippen molar-refractivity contribution >= 4 is 41.0 Å². The molecule has 0 bridgehead atoms. The Labute approximate surface area is 194 Å². The number of nitro benzene ring substituents is 1. The zero-order valence-electron chi connectivity index (χ0n) is 17.3. The zero-order valence-corrected chi connectivity index (χ0v) is 18.8. The van der Waals surface area contributed by atoms with Gasteiger partial charge in [0.1, 0.15) is 12.4 Å². The third-order valence-electron chi connectivity index (χ3n) is 4.57. The second-order valence-electron chi connectivity index (χ2n) is 7.01. The number of carbonyl (C=O) groups is 1. The Morgan fingerprint density at radius 1 is 1.12 bits per heavy atom. The van der Waals surface area contributed by atoms with Crippen LogP contribution in [0.2, 0.25) is 10.0 Å². The van der Waals surface area contributed by atoms with E-state index in [2.05, 4.69) is 10.5 Å². The highest BCUT2D eigenvalue weighted by Gasteiger charge is 2.11. The van der Waals surface area contributed by atoms with Gasteiger partial charge in [-0.15, -0.1) is 0 Å². The molecular weight excluding hydrogens is 453 g/mol.